The Morgan fingerprint density at radius 3 is 1.89 bits per heavy atom. The number of fused-ring (bicyclic) bond motifs is 1. The number of hydrogen-bond acceptors (Lipinski definition) is 2. The quantitative estimate of drug-likeness (QED) is 0.252. The van der Waals surface area contributed by atoms with Crippen molar-refractivity contribution in [2.45, 2.75) is 18.4 Å². The van der Waals surface area contributed by atoms with E-state index in [1.165, 1.54) is 12.1 Å². The van der Waals surface area contributed by atoms with Gasteiger partial charge in [-0.15, -0.1) is 0 Å². The summed E-state index contributed by atoms with van der Waals surface area (Å²) in [5.74, 6) is 0. The minimum atomic E-state index is -4.04. The number of rotatable bonds is 6. The van der Waals surface area contributed by atoms with E-state index in [-0.39, 0.29) is 4.90 Å². The van der Waals surface area contributed by atoms with Gasteiger partial charge in [0.05, 0.1) is 11.9 Å². The van der Waals surface area contributed by atoms with Gasteiger partial charge in [0.1, 0.15) is 0 Å². The highest BCUT2D eigenvalue weighted by atomic mass is 35.5. The number of aromatic nitrogens is 1. The molecule has 7 heteroatoms. The first-order valence-corrected chi connectivity index (χ1v) is 14.9. The van der Waals surface area contributed by atoms with Gasteiger partial charge in [-0.1, -0.05) is 90.5 Å². The van der Waals surface area contributed by atoms with Crippen molar-refractivity contribution in [2.24, 2.45) is 4.15 Å². The van der Waals surface area contributed by atoms with Crippen LogP contribution in [0, 0.1) is 0 Å². The summed E-state index contributed by atoms with van der Waals surface area (Å²) in [5.41, 5.74) is 1.06. The number of nitrogens with zero attached hydrogens (tertiary/aromatic N) is 2. The molecule has 5 aromatic rings. The van der Waals surface area contributed by atoms with Gasteiger partial charge < -0.3 is 4.57 Å². The van der Waals surface area contributed by atoms with Crippen LogP contribution in [0.4, 0.5) is 0 Å². The van der Waals surface area contributed by atoms with Crippen molar-refractivity contribution in [1.82, 2.24) is 4.57 Å². The lowest BCUT2D eigenvalue weighted by atomic mass is 10.2. The Morgan fingerprint density at radius 2 is 1.31 bits per heavy atom. The molecule has 5 rings (SSSR count). The second-order valence-electron chi connectivity index (χ2n) is 8.13. The highest BCUT2D eigenvalue weighted by molar-refractivity contribution is 7.99. The Bertz CT molecular complexity index is 1600. The predicted molar refractivity (Wildman–Crippen MR) is 147 cm³/mol. The SMILES string of the molecule is CCn1cc(P(=NS(=O)(=O)c2ccc(Cl)cc2)(c2ccccc2)c2ccccc2)c2ccccc21. The van der Waals surface area contributed by atoms with E-state index in [0.717, 1.165) is 33.4 Å². The molecule has 0 aliphatic carbocycles. The molecule has 0 atom stereocenters. The molecule has 176 valence electrons. The molecule has 0 fully saturated rings. The van der Waals surface area contributed by atoms with Gasteiger partial charge in [-0.25, -0.2) is 0 Å². The summed E-state index contributed by atoms with van der Waals surface area (Å²) in [7, 11) is -7.05. The normalized spacial score (nSPS) is 12.1. The fraction of sp³-hybridized carbons (Fsp3) is 0.0714. The second-order valence-corrected chi connectivity index (χ2v) is 13.4. The monoisotopic (exact) mass is 518 g/mol. The Morgan fingerprint density at radius 1 is 0.771 bits per heavy atom. The lowest BCUT2D eigenvalue weighted by molar-refractivity contribution is 0.598. The molecule has 35 heavy (non-hydrogen) atoms. The lowest BCUT2D eigenvalue weighted by Crippen LogP contribution is -2.26. The summed E-state index contributed by atoms with van der Waals surface area (Å²) < 4.78 is 34.8. The summed E-state index contributed by atoms with van der Waals surface area (Å²) in [4.78, 5) is 0.123. The van der Waals surface area contributed by atoms with Crippen LogP contribution < -0.4 is 15.9 Å². The minimum absolute atomic E-state index is 0.123. The molecule has 0 bridgehead atoms. The van der Waals surface area contributed by atoms with Crippen molar-refractivity contribution in [1.29, 1.82) is 0 Å². The molecule has 0 unspecified atom stereocenters. The average Bonchev–Trinajstić information content (AvgIpc) is 3.28. The second kappa shape index (κ2) is 9.50. The van der Waals surface area contributed by atoms with Crippen molar-refractivity contribution in [3.8, 4) is 0 Å². The first-order chi connectivity index (χ1) is 17.0. The van der Waals surface area contributed by atoms with Crippen LogP contribution in [0.25, 0.3) is 10.9 Å². The summed E-state index contributed by atoms with van der Waals surface area (Å²) >= 11 is 6.05. The maximum absolute atomic E-state index is 13.9. The number of aryl methyl sites for hydroxylation is 1. The predicted octanol–water partition coefficient (Wildman–Crippen LogP) is 6.18. The van der Waals surface area contributed by atoms with Crippen LogP contribution in [0.5, 0.6) is 0 Å². The molecule has 0 N–H and O–H groups in total. The number of halogens is 1. The molecule has 0 amide bonds. The molecule has 0 saturated carbocycles. The van der Waals surface area contributed by atoms with Crippen LogP contribution in [0.15, 0.2) is 124 Å². The molecule has 1 heterocycles. The Kier molecular flexibility index (Phi) is 6.41. The summed E-state index contributed by atoms with van der Waals surface area (Å²) in [6.45, 7) is 2.84. The Balaban J connectivity index is 1.98. The molecule has 0 aliphatic rings. The standard InChI is InChI=1S/C28H24ClN2O2PS/c1-2-31-21-28(26-15-9-10-16-27(26)31)34(23-11-5-3-6-12-23,24-13-7-4-8-14-24)30-35(32,33)25-19-17-22(29)18-20-25/h3-21H,2H2,1H3. The van der Waals surface area contributed by atoms with E-state index < -0.39 is 17.1 Å². The van der Waals surface area contributed by atoms with Gasteiger partial charge in [0, 0.05) is 44.6 Å². The number of hydrogen-bond donors (Lipinski definition) is 0. The highest BCUT2D eigenvalue weighted by Crippen LogP contribution is 2.50. The van der Waals surface area contributed by atoms with E-state index >= 15 is 0 Å². The van der Waals surface area contributed by atoms with Crippen LogP contribution in [0.3, 0.4) is 0 Å². The van der Waals surface area contributed by atoms with Crippen molar-refractivity contribution >= 4 is 55.5 Å². The van der Waals surface area contributed by atoms with Crippen molar-refractivity contribution in [3.63, 3.8) is 0 Å². The van der Waals surface area contributed by atoms with E-state index in [1.807, 2.05) is 72.8 Å². The third-order valence-corrected chi connectivity index (χ3v) is 12.2. The minimum Gasteiger partial charge on any atom is -0.347 e. The number of para-hydroxylation sites is 1. The Hall–Kier alpha value is -3.11. The van der Waals surface area contributed by atoms with Gasteiger partial charge in [-0.05, 0) is 37.3 Å². The molecule has 0 spiro atoms. The fourth-order valence-corrected chi connectivity index (χ4v) is 10.7. The maximum atomic E-state index is 13.9. The fourth-order valence-electron chi connectivity index (χ4n) is 4.41. The average molecular weight is 519 g/mol. The van der Waals surface area contributed by atoms with Crippen LogP contribution in [0.2, 0.25) is 5.02 Å². The largest absolute Gasteiger partial charge is 0.347 e. The van der Waals surface area contributed by atoms with Gasteiger partial charge >= 0.3 is 0 Å². The Labute approximate surface area is 210 Å². The van der Waals surface area contributed by atoms with Gasteiger partial charge in [-0.3, -0.25) is 0 Å². The van der Waals surface area contributed by atoms with Crippen molar-refractivity contribution < 1.29 is 8.42 Å². The van der Waals surface area contributed by atoms with Crippen LogP contribution in [-0.2, 0) is 16.6 Å². The number of benzene rings is 4. The zero-order chi connectivity index (χ0) is 24.5. The van der Waals surface area contributed by atoms with Crippen LogP contribution in [0.1, 0.15) is 6.92 Å². The molecule has 4 nitrogen and oxygen atoms in total. The number of sulfonamides is 1. The van der Waals surface area contributed by atoms with Gasteiger partial charge in [0.15, 0.2) is 0 Å². The molecule has 1 aromatic heterocycles. The summed E-state index contributed by atoms with van der Waals surface area (Å²) in [6, 6.07) is 33.9. The molecule has 0 radical (unpaired) electrons. The molecule has 4 aromatic carbocycles. The molecular formula is C28H24ClN2O2PS. The van der Waals surface area contributed by atoms with Gasteiger partial charge in [0.25, 0.3) is 10.0 Å². The third kappa shape index (κ3) is 4.25. The van der Waals surface area contributed by atoms with Gasteiger partial charge in [0.2, 0.25) is 0 Å². The lowest BCUT2D eigenvalue weighted by Gasteiger charge is -2.26. The summed E-state index contributed by atoms with van der Waals surface area (Å²) in [5, 5.41) is 4.16. The molecule has 0 aliphatic heterocycles. The first-order valence-electron chi connectivity index (χ1n) is 11.3. The van der Waals surface area contributed by atoms with Crippen molar-refractivity contribution in [3.05, 3.63) is 120 Å². The molecular weight excluding hydrogens is 495 g/mol. The smallest absolute Gasteiger partial charge is 0.281 e. The topological polar surface area (TPSA) is 51.4 Å². The van der Waals surface area contributed by atoms with E-state index in [1.54, 1.807) is 12.1 Å². The zero-order valence-electron chi connectivity index (χ0n) is 19.1. The highest BCUT2D eigenvalue weighted by Gasteiger charge is 2.33. The zero-order valence-corrected chi connectivity index (χ0v) is 21.6. The first kappa shape index (κ1) is 23.6. The van der Waals surface area contributed by atoms with Crippen LogP contribution >= 0.6 is 18.7 Å². The van der Waals surface area contributed by atoms with Crippen molar-refractivity contribution in [2.75, 3.05) is 0 Å². The van der Waals surface area contributed by atoms with E-state index in [4.69, 9.17) is 15.8 Å². The van der Waals surface area contributed by atoms with Crippen LogP contribution in [-0.4, -0.2) is 13.0 Å². The van der Waals surface area contributed by atoms with E-state index in [9.17, 15) is 8.42 Å². The third-order valence-electron chi connectivity index (χ3n) is 6.06. The van der Waals surface area contributed by atoms with Gasteiger partial charge in [-0.2, -0.15) is 12.6 Å². The van der Waals surface area contributed by atoms with E-state index in [2.05, 4.69) is 29.8 Å². The molecule has 0 saturated heterocycles. The van der Waals surface area contributed by atoms with E-state index in [0.29, 0.717) is 5.02 Å². The maximum Gasteiger partial charge on any atom is 0.281 e. The summed E-state index contributed by atoms with van der Waals surface area (Å²) in [6.07, 6.45) is 2.08.